The van der Waals surface area contributed by atoms with Gasteiger partial charge in [-0.3, -0.25) is 33.6 Å². The summed E-state index contributed by atoms with van der Waals surface area (Å²) in [5.74, 6) is -6.09. The lowest BCUT2D eigenvalue weighted by Gasteiger charge is -2.34. The fourth-order valence-electron chi connectivity index (χ4n) is 5.76. The molecule has 8 N–H and O–H groups in total. The Bertz CT molecular complexity index is 1510. The van der Waals surface area contributed by atoms with Crippen molar-refractivity contribution in [2.45, 2.75) is 144 Å². The Balaban J connectivity index is 3.41. The lowest BCUT2D eigenvalue weighted by Crippen LogP contribution is -2.62. The van der Waals surface area contributed by atoms with Crippen LogP contribution in [-0.4, -0.2) is 101 Å². The van der Waals surface area contributed by atoms with Gasteiger partial charge in [-0.2, -0.15) is 0 Å². The first-order chi connectivity index (χ1) is 26.1. The number of aliphatic carboxylic acids is 1. The number of aldehydes is 1. The molecule has 1 unspecified atom stereocenters. The summed E-state index contributed by atoms with van der Waals surface area (Å²) in [5, 5.41) is 34.5. The van der Waals surface area contributed by atoms with E-state index in [0.717, 1.165) is 24.0 Å². The number of hydrogen-bond acceptors (Lipinski definition) is 9. The number of carbonyl (C=O) groups excluding carboxylic acids is 7. The third-order valence-corrected chi connectivity index (χ3v) is 9.08. The molecule has 0 aromatic heterocycles. The predicted molar refractivity (Wildman–Crippen MR) is 210 cm³/mol. The summed E-state index contributed by atoms with van der Waals surface area (Å²) in [4.78, 5) is 103. The van der Waals surface area contributed by atoms with Crippen LogP contribution in [0.4, 0.5) is 0 Å². The minimum atomic E-state index is -1.48. The van der Waals surface area contributed by atoms with E-state index in [-0.39, 0.29) is 18.8 Å². The van der Waals surface area contributed by atoms with Crippen LogP contribution >= 0.6 is 0 Å². The third kappa shape index (κ3) is 17.3. The SMILES string of the molecule is CCCCC(C=O)NC(=O)[C@H](CC(C)C)NC(=O)[C@@H](NC(=O)[C@H](Cc1ccccc1C)NC(=O)[C@H](NC(=O)[C@H](CO)NC(=O)CCC(=O)O)C(C)C)C(C)(C)C. The zero-order valence-corrected chi connectivity index (χ0v) is 34.3. The number of unbranched alkanes of at least 4 members (excludes halogenated alkanes) is 1. The molecule has 56 heavy (non-hydrogen) atoms. The lowest BCUT2D eigenvalue weighted by atomic mass is 9.85. The van der Waals surface area contributed by atoms with Gasteiger partial charge in [-0.25, -0.2) is 0 Å². The summed E-state index contributed by atoms with van der Waals surface area (Å²) in [6.45, 7) is 15.2. The molecule has 314 valence electrons. The van der Waals surface area contributed by atoms with Gasteiger partial charge in [0.15, 0.2) is 0 Å². The van der Waals surface area contributed by atoms with Gasteiger partial charge in [0.1, 0.15) is 36.5 Å². The van der Waals surface area contributed by atoms with Crippen molar-refractivity contribution in [2.24, 2.45) is 17.3 Å². The highest BCUT2D eigenvalue weighted by molar-refractivity contribution is 5.97. The van der Waals surface area contributed by atoms with E-state index in [0.29, 0.717) is 12.7 Å². The van der Waals surface area contributed by atoms with Crippen LogP contribution in [0.2, 0.25) is 0 Å². The van der Waals surface area contributed by atoms with Gasteiger partial charge in [-0.05, 0) is 48.1 Å². The van der Waals surface area contributed by atoms with Crippen molar-refractivity contribution in [1.82, 2.24) is 31.9 Å². The highest BCUT2D eigenvalue weighted by Crippen LogP contribution is 2.21. The smallest absolute Gasteiger partial charge is 0.303 e. The molecular weight excluding hydrogens is 724 g/mol. The molecule has 6 amide bonds. The minimum absolute atomic E-state index is 0.00359. The van der Waals surface area contributed by atoms with E-state index in [1.54, 1.807) is 46.8 Å². The topological polar surface area (TPSA) is 249 Å². The summed E-state index contributed by atoms with van der Waals surface area (Å²) in [6, 6.07) is 0.332. The second-order valence-electron chi connectivity index (χ2n) is 16.0. The second kappa shape index (κ2) is 23.9. The Morgan fingerprint density at radius 2 is 1.34 bits per heavy atom. The number of benzene rings is 1. The largest absolute Gasteiger partial charge is 0.481 e. The maximum atomic E-state index is 14.2. The van der Waals surface area contributed by atoms with Crippen molar-refractivity contribution in [3.05, 3.63) is 35.4 Å². The van der Waals surface area contributed by atoms with E-state index in [9.17, 15) is 43.5 Å². The molecule has 1 rings (SSSR count). The molecule has 0 saturated carbocycles. The van der Waals surface area contributed by atoms with Gasteiger partial charge in [-0.15, -0.1) is 0 Å². The standard InChI is InChI=1S/C40H64N6O10/c1-10-11-16-27(21-47)41-35(52)28(19-23(2)3)44-39(56)34(40(7,8)9)46-36(53)29(20-26-15-13-12-14-25(26)6)43-38(55)33(24(4)5)45-37(54)30(22-48)42-31(49)17-18-32(50)51/h12-15,21,23-24,27-30,33-34,48H,10-11,16-20,22H2,1-9H3,(H,41,52)(H,42,49)(H,43,55)(H,44,56)(H,45,54)(H,46,53)(H,50,51)/t27?,28-,29-,30-,33+,34+/m0/s1. The molecule has 1 aromatic carbocycles. The van der Waals surface area contributed by atoms with Gasteiger partial charge in [0.25, 0.3) is 0 Å². The van der Waals surface area contributed by atoms with Crippen LogP contribution < -0.4 is 31.9 Å². The van der Waals surface area contributed by atoms with E-state index >= 15 is 0 Å². The van der Waals surface area contributed by atoms with E-state index in [1.807, 2.05) is 39.8 Å². The van der Waals surface area contributed by atoms with Crippen LogP contribution in [0.25, 0.3) is 0 Å². The molecule has 0 aliphatic carbocycles. The minimum Gasteiger partial charge on any atom is -0.481 e. The van der Waals surface area contributed by atoms with Crippen LogP contribution in [0.15, 0.2) is 24.3 Å². The van der Waals surface area contributed by atoms with Crippen molar-refractivity contribution < 1.29 is 48.6 Å². The Hall–Kier alpha value is -4.86. The van der Waals surface area contributed by atoms with Gasteiger partial charge in [0.2, 0.25) is 35.4 Å². The summed E-state index contributed by atoms with van der Waals surface area (Å²) in [6.07, 6.45) is 2.04. The summed E-state index contributed by atoms with van der Waals surface area (Å²) in [7, 11) is 0. The number of aryl methyl sites for hydroxylation is 1. The summed E-state index contributed by atoms with van der Waals surface area (Å²) >= 11 is 0. The van der Waals surface area contributed by atoms with E-state index < -0.39 is 108 Å². The number of amides is 6. The summed E-state index contributed by atoms with van der Waals surface area (Å²) < 4.78 is 0. The Labute approximate surface area is 330 Å². The molecule has 0 heterocycles. The number of carboxylic acids is 1. The second-order valence-corrected chi connectivity index (χ2v) is 16.0. The molecule has 0 spiro atoms. The van der Waals surface area contributed by atoms with E-state index in [2.05, 4.69) is 31.9 Å². The van der Waals surface area contributed by atoms with Crippen molar-refractivity contribution in [3.63, 3.8) is 0 Å². The number of aliphatic hydroxyl groups excluding tert-OH is 1. The number of hydrogen-bond donors (Lipinski definition) is 8. The van der Waals surface area contributed by atoms with Crippen molar-refractivity contribution in [1.29, 1.82) is 0 Å². The zero-order valence-electron chi connectivity index (χ0n) is 34.3. The maximum absolute atomic E-state index is 14.2. The number of carbonyl (C=O) groups is 8. The zero-order chi connectivity index (χ0) is 42.7. The van der Waals surface area contributed by atoms with Crippen LogP contribution in [0, 0.1) is 24.2 Å². The van der Waals surface area contributed by atoms with E-state index in [1.165, 1.54) is 0 Å². The van der Waals surface area contributed by atoms with Crippen LogP contribution in [0.5, 0.6) is 0 Å². The van der Waals surface area contributed by atoms with Crippen LogP contribution in [-0.2, 0) is 44.8 Å². The normalized spacial score (nSPS) is 14.6. The first kappa shape index (κ1) is 49.2. The molecule has 0 bridgehead atoms. The highest BCUT2D eigenvalue weighted by Gasteiger charge is 2.38. The van der Waals surface area contributed by atoms with Gasteiger partial charge >= 0.3 is 5.97 Å². The molecule has 0 saturated heterocycles. The number of carboxylic acid groups (broad SMARTS) is 1. The van der Waals surface area contributed by atoms with Gasteiger partial charge in [0.05, 0.1) is 19.1 Å². The fourth-order valence-corrected chi connectivity index (χ4v) is 5.76. The molecule has 0 aliphatic heterocycles. The molecule has 6 atom stereocenters. The van der Waals surface area contributed by atoms with Crippen molar-refractivity contribution in [2.75, 3.05) is 6.61 Å². The number of nitrogens with one attached hydrogen (secondary N) is 6. The third-order valence-electron chi connectivity index (χ3n) is 9.08. The van der Waals surface area contributed by atoms with Crippen LogP contribution in [0.1, 0.15) is 105 Å². The molecule has 16 nitrogen and oxygen atoms in total. The van der Waals surface area contributed by atoms with Gasteiger partial charge in [-0.1, -0.05) is 92.5 Å². The predicted octanol–water partition coefficient (Wildman–Crippen LogP) is 1.44. The molecular formula is C40H64N6O10. The molecule has 0 aliphatic rings. The Morgan fingerprint density at radius 3 is 1.86 bits per heavy atom. The Morgan fingerprint density at radius 1 is 0.750 bits per heavy atom. The molecule has 1 aromatic rings. The number of rotatable bonds is 24. The van der Waals surface area contributed by atoms with E-state index in [4.69, 9.17) is 5.11 Å². The van der Waals surface area contributed by atoms with Crippen molar-refractivity contribution >= 4 is 47.7 Å². The maximum Gasteiger partial charge on any atom is 0.303 e. The average Bonchev–Trinajstić information content (AvgIpc) is 3.11. The Kier molecular flexibility index (Phi) is 21.0. The molecule has 0 radical (unpaired) electrons. The first-order valence-corrected chi connectivity index (χ1v) is 19.3. The van der Waals surface area contributed by atoms with Crippen molar-refractivity contribution in [3.8, 4) is 0 Å². The highest BCUT2D eigenvalue weighted by atomic mass is 16.4. The average molecular weight is 789 g/mol. The van der Waals surface area contributed by atoms with Crippen LogP contribution in [0.3, 0.4) is 0 Å². The number of aliphatic hydroxyl groups is 1. The molecule has 0 fully saturated rings. The quantitative estimate of drug-likeness (QED) is 0.0701. The monoisotopic (exact) mass is 788 g/mol. The van der Waals surface area contributed by atoms with Gasteiger partial charge in [0, 0.05) is 12.8 Å². The first-order valence-electron chi connectivity index (χ1n) is 19.3. The summed E-state index contributed by atoms with van der Waals surface area (Å²) in [5.41, 5.74) is 0.670. The lowest BCUT2D eigenvalue weighted by molar-refractivity contribution is -0.139. The molecule has 16 heteroatoms. The fraction of sp³-hybridized carbons (Fsp3) is 0.650. The van der Waals surface area contributed by atoms with Gasteiger partial charge < -0.3 is 46.9 Å².